The van der Waals surface area contributed by atoms with E-state index in [1.807, 2.05) is 47.6 Å². The van der Waals surface area contributed by atoms with Crippen molar-refractivity contribution >= 4 is 41.8 Å². The highest BCUT2D eigenvalue weighted by Gasteiger charge is 2.28. The zero-order valence-corrected chi connectivity index (χ0v) is 17.1. The minimum atomic E-state index is 0. The minimum Gasteiger partial charge on any atom is -0.484 e. The molecule has 3 rings (SSSR count). The van der Waals surface area contributed by atoms with E-state index in [1.165, 1.54) is 23.5 Å². The number of amides is 1. The van der Waals surface area contributed by atoms with Crippen LogP contribution in [0.1, 0.15) is 29.4 Å². The van der Waals surface area contributed by atoms with E-state index in [-0.39, 0.29) is 24.9 Å². The number of nitrogens with zero attached hydrogens (tertiary/aromatic N) is 1. The number of thioether (sulfide) groups is 2. The lowest BCUT2D eigenvalue weighted by molar-refractivity contribution is -0.134. The Kier molecular flexibility index (Phi) is 8.76. The van der Waals surface area contributed by atoms with Crippen LogP contribution in [0.15, 0.2) is 24.3 Å². The van der Waals surface area contributed by atoms with E-state index in [4.69, 9.17) is 4.74 Å². The Bertz CT molecular complexity index is 538. The van der Waals surface area contributed by atoms with Crippen LogP contribution in [0.2, 0.25) is 0 Å². The lowest BCUT2D eigenvalue weighted by Gasteiger charge is -2.24. The molecule has 0 radical (unpaired) electrons. The Morgan fingerprint density at radius 1 is 1.24 bits per heavy atom. The Morgan fingerprint density at radius 3 is 2.64 bits per heavy atom. The maximum Gasteiger partial charge on any atom is 0.260 e. The van der Waals surface area contributed by atoms with Gasteiger partial charge >= 0.3 is 0 Å². The van der Waals surface area contributed by atoms with Crippen LogP contribution in [0.4, 0.5) is 0 Å². The number of hydrogen-bond acceptors (Lipinski definition) is 5. The molecule has 140 valence electrons. The number of hydrogen-bond donors (Lipinski definition) is 1. The molecule has 25 heavy (non-hydrogen) atoms. The van der Waals surface area contributed by atoms with Gasteiger partial charge in [-0.3, -0.25) is 4.79 Å². The van der Waals surface area contributed by atoms with Crippen molar-refractivity contribution in [3.05, 3.63) is 29.8 Å². The Morgan fingerprint density at radius 2 is 1.96 bits per heavy atom. The Hall–Kier alpha value is -0.560. The second-order valence-electron chi connectivity index (χ2n) is 6.23. The van der Waals surface area contributed by atoms with Crippen LogP contribution in [0, 0.1) is 0 Å². The highest BCUT2D eigenvalue weighted by atomic mass is 35.5. The van der Waals surface area contributed by atoms with Crippen molar-refractivity contribution < 1.29 is 9.53 Å². The largest absolute Gasteiger partial charge is 0.484 e. The van der Waals surface area contributed by atoms with Crippen molar-refractivity contribution in [2.24, 2.45) is 0 Å². The van der Waals surface area contributed by atoms with E-state index in [1.54, 1.807) is 0 Å². The predicted octanol–water partition coefficient (Wildman–Crippen LogP) is 3.57. The predicted molar refractivity (Wildman–Crippen MR) is 110 cm³/mol. The van der Waals surface area contributed by atoms with Gasteiger partial charge in [-0.15, -0.1) is 35.9 Å². The third-order valence-electron chi connectivity index (χ3n) is 4.48. The first-order valence-corrected chi connectivity index (χ1v) is 10.8. The third-order valence-corrected chi connectivity index (χ3v) is 7.49. The molecule has 0 spiro atoms. The molecule has 0 bridgehead atoms. The fourth-order valence-electron chi connectivity index (χ4n) is 3.24. The van der Waals surface area contributed by atoms with E-state index in [9.17, 15) is 4.79 Å². The summed E-state index contributed by atoms with van der Waals surface area (Å²) >= 11 is 4.03. The third kappa shape index (κ3) is 5.71. The fourth-order valence-corrected chi connectivity index (χ4v) is 6.14. The summed E-state index contributed by atoms with van der Waals surface area (Å²) in [6.07, 6.45) is 3.47. The van der Waals surface area contributed by atoms with Gasteiger partial charge in [0.15, 0.2) is 6.61 Å². The molecule has 7 heteroatoms. The van der Waals surface area contributed by atoms with Crippen LogP contribution >= 0.6 is 35.9 Å². The van der Waals surface area contributed by atoms with E-state index < -0.39 is 0 Å². The highest BCUT2D eigenvalue weighted by Crippen LogP contribution is 2.43. The smallest absolute Gasteiger partial charge is 0.260 e. The first-order valence-electron chi connectivity index (χ1n) is 8.68. The van der Waals surface area contributed by atoms with Crippen molar-refractivity contribution in [3.63, 3.8) is 0 Å². The molecule has 2 aliphatic rings. The molecule has 1 N–H and O–H groups in total. The quantitative estimate of drug-likeness (QED) is 0.787. The topological polar surface area (TPSA) is 41.6 Å². The normalized spacial score (nSPS) is 21.0. The summed E-state index contributed by atoms with van der Waals surface area (Å²) < 4.78 is 6.27. The first-order chi connectivity index (χ1) is 11.8. The Balaban J connectivity index is 0.00000225. The SMILES string of the molecule is CNCC1CCCN1C(=O)COc1ccc(C2SCCCS2)cc1.Cl. The Labute approximate surface area is 165 Å². The lowest BCUT2D eigenvalue weighted by Crippen LogP contribution is -2.43. The van der Waals surface area contributed by atoms with Crippen LogP contribution in [-0.4, -0.2) is 55.1 Å². The standard InChI is InChI=1S/C18H26N2O2S2.ClH/c1-19-12-15-4-2-9-20(15)17(21)13-22-16-7-5-14(6-8-16)18-23-10-3-11-24-18;/h5-8,15,18-19H,2-4,9-13H2,1H3;1H. The average Bonchev–Trinajstić information content (AvgIpc) is 3.10. The summed E-state index contributed by atoms with van der Waals surface area (Å²) in [7, 11) is 1.93. The van der Waals surface area contributed by atoms with E-state index in [0.29, 0.717) is 10.6 Å². The van der Waals surface area contributed by atoms with Gasteiger partial charge in [0.05, 0.1) is 4.58 Å². The number of benzene rings is 1. The van der Waals surface area contributed by atoms with Gasteiger partial charge in [0, 0.05) is 19.1 Å². The molecule has 4 nitrogen and oxygen atoms in total. The molecule has 0 aromatic heterocycles. The van der Waals surface area contributed by atoms with Gasteiger partial charge in [-0.25, -0.2) is 0 Å². The summed E-state index contributed by atoms with van der Waals surface area (Å²) in [4.78, 5) is 14.3. The van der Waals surface area contributed by atoms with Crippen molar-refractivity contribution in [2.75, 3.05) is 38.2 Å². The number of rotatable bonds is 6. The number of likely N-dealkylation sites (tertiary alicyclic amines) is 1. The van der Waals surface area contributed by atoms with E-state index in [0.717, 1.165) is 31.7 Å². The maximum atomic E-state index is 12.4. The molecule has 1 aromatic rings. The number of nitrogens with one attached hydrogen (secondary N) is 1. The number of ether oxygens (including phenoxy) is 1. The van der Waals surface area contributed by atoms with Crippen molar-refractivity contribution in [2.45, 2.75) is 29.9 Å². The van der Waals surface area contributed by atoms with Crippen LogP contribution in [-0.2, 0) is 4.79 Å². The molecular formula is C18H27ClN2O2S2. The van der Waals surface area contributed by atoms with Gasteiger partial charge in [-0.05, 0) is 55.5 Å². The maximum absolute atomic E-state index is 12.4. The molecule has 0 saturated carbocycles. The highest BCUT2D eigenvalue weighted by molar-refractivity contribution is 8.16. The van der Waals surface area contributed by atoms with Crippen molar-refractivity contribution in [1.29, 1.82) is 0 Å². The number of carbonyl (C=O) groups is 1. The van der Waals surface area contributed by atoms with Crippen LogP contribution in [0.3, 0.4) is 0 Å². The molecular weight excluding hydrogens is 376 g/mol. The molecule has 1 unspecified atom stereocenters. The number of halogens is 1. The van der Waals surface area contributed by atoms with E-state index >= 15 is 0 Å². The van der Waals surface area contributed by atoms with Gasteiger partial charge in [0.1, 0.15) is 5.75 Å². The van der Waals surface area contributed by atoms with Crippen LogP contribution in [0.25, 0.3) is 0 Å². The molecule has 2 saturated heterocycles. The van der Waals surface area contributed by atoms with Crippen molar-refractivity contribution in [3.8, 4) is 5.75 Å². The first kappa shape index (κ1) is 20.7. The van der Waals surface area contributed by atoms with Crippen LogP contribution < -0.4 is 10.1 Å². The molecule has 1 amide bonds. The monoisotopic (exact) mass is 402 g/mol. The zero-order chi connectivity index (χ0) is 16.8. The van der Waals surface area contributed by atoms with Gasteiger partial charge < -0.3 is 15.0 Å². The second kappa shape index (κ2) is 10.6. The number of carbonyl (C=O) groups excluding carboxylic acids is 1. The minimum absolute atomic E-state index is 0. The molecule has 0 aliphatic carbocycles. The molecule has 2 fully saturated rings. The molecule has 2 heterocycles. The fraction of sp³-hybridized carbons (Fsp3) is 0.611. The second-order valence-corrected chi connectivity index (χ2v) is 8.95. The number of likely N-dealkylation sites (N-methyl/N-ethyl adjacent to an activating group) is 1. The van der Waals surface area contributed by atoms with Gasteiger partial charge in [0.2, 0.25) is 0 Å². The summed E-state index contributed by atoms with van der Waals surface area (Å²) in [6, 6.07) is 8.57. The summed E-state index contributed by atoms with van der Waals surface area (Å²) in [5, 5.41) is 3.17. The molecule has 1 aromatic carbocycles. The van der Waals surface area contributed by atoms with Crippen LogP contribution in [0.5, 0.6) is 5.75 Å². The lowest BCUT2D eigenvalue weighted by atomic mass is 10.2. The van der Waals surface area contributed by atoms with Crippen molar-refractivity contribution in [1.82, 2.24) is 10.2 Å². The zero-order valence-electron chi connectivity index (χ0n) is 14.6. The average molecular weight is 403 g/mol. The summed E-state index contributed by atoms with van der Waals surface area (Å²) in [5.41, 5.74) is 1.34. The van der Waals surface area contributed by atoms with Gasteiger partial charge in [-0.1, -0.05) is 12.1 Å². The molecule has 1 atom stereocenters. The summed E-state index contributed by atoms with van der Waals surface area (Å²) in [6.45, 7) is 1.84. The molecule has 2 aliphatic heterocycles. The van der Waals surface area contributed by atoms with Gasteiger partial charge in [0.25, 0.3) is 5.91 Å². The van der Waals surface area contributed by atoms with E-state index in [2.05, 4.69) is 17.4 Å². The summed E-state index contributed by atoms with van der Waals surface area (Å²) in [5.74, 6) is 3.36. The van der Waals surface area contributed by atoms with Gasteiger partial charge in [-0.2, -0.15) is 0 Å².